The standard InChI is InChI=1S/C16H20ClN3O/c1-2-14-5-3-4-10-20(14)11-15-18-16(19-21-15)12-6-8-13(17)9-7-12/h6-9,14H,2-5,10-11H2,1H3/t14-/m0/s1. The van der Waals surface area contributed by atoms with Gasteiger partial charge >= 0.3 is 0 Å². The number of aromatic nitrogens is 2. The smallest absolute Gasteiger partial charge is 0.241 e. The van der Waals surface area contributed by atoms with Crippen molar-refractivity contribution in [3.8, 4) is 11.4 Å². The highest BCUT2D eigenvalue weighted by Crippen LogP contribution is 2.23. The largest absolute Gasteiger partial charge is 0.338 e. The summed E-state index contributed by atoms with van der Waals surface area (Å²) in [6, 6.07) is 8.14. The second-order valence-electron chi connectivity index (χ2n) is 5.55. The van der Waals surface area contributed by atoms with Crippen LogP contribution < -0.4 is 0 Å². The monoisotopic (exact) mass is 305 g/mol. The van der Waals surface area contributed by atoms with E-state index >= 15 is 0 Å². The Labute approximate surface area is 130 Å². The molecule has 0 bridgehead atoms. The number of benzene rings is 1. The van der Waals surface area contributed by atoms with E-state index in [1.165, 1.54) is 25.7 Å². The topological polar surface area (TPSA) is 42.2 Å². The van der Waals surface area contributed by atoms with Crippen molar-refractivity contribution in [2.75, 3.05) is 6.54 Å². The third-order valence-electron chi connectivity index (χ3n) is 4.13. The molecule has 2 heterocycles. The van der Waals surface area contributed by atoms with E-state index in [0.717, 1.165) is 18.7 Å². The van der Waals surface area contributed by atoms with Gasteiger partial charge in [-0.2, -0.15) is 4.98 Å². The van der Waals surface area contributed by atoms with E-state index in [1.807, 2.05) is 24.3 Å². The van der Waals surface area contributed by atoms with Crippen LogP contribution in [0.4, 0.5) is 0 Å². The molecule has 1 aliphatic rings. The number of piperidine rings is 1. The van der Waals surface area contributed by atoms with Crippen molar-refractivity contribution < 1.29 is 4.52 Å². The Bertz CT molecular complexity index is 581. The SMILES string of the molecule is CC[C@H]1CCCCN1Cc1nc(-c2ccc(Cl)cc2)no1. The molecule has 0 N–H and O–H groups in total. The summed E-state index contributed by atoms with van der Waals surface area (Å²) in [5, 5.41) is 4.79. The van der Waals surface area contributed by atoms with E-state index in [4.69, 9.17) is 16.1 Å². The highest BCUT2D eigenvalue weighted by Gasteiger charge is 2.22. The Balaban J connectivity index is 1.71. The van der Waals surface area contributed by atoms with Crippen molar-refractivity contribution >= 4 is 11.6 Å². The third-order valence-corrected chi connectivity index (χ3v) is 4.38. The van der Waals surface area contributed by atoms with Crippen molar-refractivity contribution in [3.05, 3.63) is 35.2 Å². The lowest BCUT2D eigenvalue weighted by atomic mass is 10.0. The van der Waals surface area contributed by atoms with E-state index in [1.54, 1.807) is 0 Å². The van der Waals surface area contributed by atoms with E-state index < -0.39 is 0 Å². The summed E-state index contributed by atoms with van der Waals surface area (Å²) in [5.41, 5.74) is 0.931. The fourth-order valence-electron chi connectivity index (χ4n) is 2.94. The van der Waals surface area contributed by atoms with Gasteiger partial charge < -0.3 is 4.52 Å². The maximum absolute atomic E-state index is 5.89. The number of likely N-dealkylation sites (tertiary alicyclic amines) is 1. The molecule has 112 valence electrons. The molecule has 0 saturated carbocycles. The molecule has 1 atom stereocenters. The third kappa shape index (κ3) is 3.44. The van der Waals surface area contributed by atoms with Crippen molar-refractivity contribution in [2.45, 2.75) is 45.2 Å². The lowest BCUT2D eigenvalue weighted by molar-refractivity contribution is 0.120. The van der Waals surface area contributed by atoms with E-state index in [-0.39, 0.29) is 0 Å². The lowest BCUT2D eigenvalue weighted by Gasteiger charge is -2.33. The quantitative estimate of drug-likeness (QED) is 0.851. The highest BCUT2D eigenvalue weighted by atomic mass is 35.5. The molecular formula is C16H20ClN3O. The minimum absolute atomic E-state index is 0.631. The van der Waals surface area contributed by atoms with Crippen LogP contribution >= 0.6 is 11.6 Å². The molecule has 1 fully saturated rings. The molecule has 0 aliphatic carbocycles. The summed E-state index contributed by atoms with van der Waals surface area (Å²) in [5.74, 6) is 1.33. The Morgan fingerprint density at radius 1 is 1.29 bits per heavy atom. The molecule has 1 aromatic heterocycles. The zero-order chi connectivity index (χ0) is 14.7. The van der Waals surface area contributed by atoms with Crippen LogP contribution in [0.15, 0.2) is 28.8 Å². The molecule has 0 radical (unpaired) electrons. The fraction of sp³-hybridized carbons (Fsp3) is 0.500. The molecule has 21 heavy (non-hydrogen) atoms. The Hall–Kier alpha value is -1.39. The molecule has 3 rings (SSSR count). The van der Waals surface area contributed by atoms with Crippen LogP contribution in [0.2, 0.25) is 5.02 Å². The molecular weight excluding hydrogens is 286 g/mol. The van der Waals surface area contributed by atoms with Crippen molar-refractivity contribution in [1.82, 2.24) is 15.0 Å². The highest BCUT2D eigenvalue weighted by molar-refractivity contribution is 6.30. The van der Waals surface area contributed by atoms with Crippen molar-refractivity contribution in [1.29, 1.82) is 0 Å². The second-order valence-corrected chi connectivity index (χ2v) is 5.98. The predicted octanol–water partition coefficient (Wildman–Crippen LogP) is 4.15. The van der Waals surface area contributed by atoms with Gasteiger partial charge in [0.15, 0.2) is 0 Å². The summed E-state index contributed by atoms with van der Waals surface area (Å²) in [7, 11) is 0. The fourth-order valence-corrected chi connectivity index (χ4v) is 3.07. The second kappa shape index (κ2) is 6.58. The van der Waals surface area contributed by atoms with Crippen molar-refractivity contribution in [2.24, 2.45) is 0 Å². The van der Waals surface area contributed by atoms with Gasteiger partial charge in [-0.3, -0.25) is 4.90 Å². The first-order valence-electron chi connectivity index (χ1n) is 7.59. The molecule has 4 nitrogen and oxygen atoms in total. The summed E-state index contributed by atoms with van der Waals surface area (Å²) in [4.78, 5) is 6.97. The van der Waals surface area contributed by atoms with Crippen LogP contribution in [-0.4, -0.2) is 27.6 Å². The van der Waals surface area contributed by atoms with Crippen molar-refractivity contribution in [3.63, 3.8) is 0 Å². The molecule has 0 spiro atoms. The molecule has 5 heteroatoms. The molecule has 0 amide bonds. The minimum Gasteiger partial charge on any atom is -0.338 e. The van der Waals surface area contributed by atoms with Gasteiger partial charge in [0, 0.05) is 16.6 Å². The van der Waals surface area contributed by atoms with E-state index in [0.29, 0.717) is 22.8 Å². The van der Waals surface area contributed by atoms with Crippen LogP contribution in [0.25, 0.3) is 11.4 Å². The van der Waals surface area contributed by atoms with Gasteiger partial charge in [0.05, 0.1) is 6.54 Å². The minimum atomic E-state index is 0.631. The maximum atomic E-state index is 5.89. The Morgan fingerprint density at radius 3 is 2.86 bits per heavy atom. The normalized spacial score (nSPS) is 19.8. The van der Waals surface area contributed by atoms with Crippen LogP contribution in [-0.2, 0) is 6.54 Å². The van der Waals surface area contributed by atoms with Crippen LogP contribution in [0.5, 0.6) is 0 Å². The van der Waals surface area contributed by atoms with E-state index in [9.17, 15) is 0 Å². The zero-order valence-electron chi connectivity index (χ0n) is 12.3. The number of halogens is 1. The molecule has 2 aromatic rings. The average Bonchev–Trinajstić information content (AvgIpc) is 2.97. The van der Waals surface area contributed by atoms with Crippen LogP contribution in [0.1, 0.15) is 38.5 Å². The first-order chi connectivity index (χ1) is 10.3. The first kappa shape index (κ1) is 14.5. The number of rotatable bonds is 4. The predicted molar refractivity (Wildman–Crippen MR) is 83.1 cm³/mol. The summed E-state index contributed by atoms with van der Waals surface area (Å²) in [6.45, 7) is 4.12. The summed E-state index contributed by atoms with van der Waals surface area (Å²) in [6.07, 6.45) is 5.04. The summed E-state index contributed by atoms with van der Waals surface area (Å²) < 4.78 is 5.41. The van der Waals surface area contributed by atoms with Gasteiger partial charge in [-0.05, 0) is 50.1 Å². The summed E-state index contributed by atoms with van der Waals surface area (Å²) >= 11 is 5.89. The number of hydrogen-bond acceptors (Lipinski definition) is 4. The first-order valence-corrected chi connectivity index (χ1v) is 7.96. The van der Waals surface area contributed by atoms with Crippen LogP contribution in [0.3, 0.4) is 0 Å². The average molecular weight is 306 g/mol. The molecule has 1 aromatic carbocycles. The van der Waals surface area contributed by atoms with Gasteiger partial charge in [-0.1, -0.05) is 30.1 Å². The van der Waals surface area contributed by atoms with Gasteiger partial charge in [-0.15, -0.1) is 0 Å². The Morgan fingerprint density at radius 2 is 2.10 bits per heavy atom. The van der Waals surface area contributed by atoms with Gasteiger partial charge in [-0.25, -0.2) is 0 Å². The van der Waals surface area contributed by atoms with E-state index in [2.05, 4.69) is 22.0 Å². The maximum Gasteiger partial charge on any atom is 0.241 e. The molecule has 0 unspecified atom stereocenters. The zero-order valence-corrected chi connectivity index (χ0v) is 13.0. The molecule has 1 saturated heterocycles. The van der Waals surface area contributed by atoms with Gasteiger partial charge in [0.2, 0.25) is 11.7 Å². The lowest BCUT2D eigenvalue weighted by Crippen LogP contribution is -2.38. The Kier molecular flexibility index (Phi) is 4.56. The number of nitrogens with zero attached hydrogens (tertiary/aromatic N) is 3. The molecule has 1 aliphatic heterocycles. The van der Waals surface area contributed by atoms with Crippen LogP contribution in [0, 0.1) is 0 Å². The van der Waals surface area contributed by atoms with Gasteiger partial charge in [0.25, 0.3) is 0 Å². The van der Waals surface area contributed by atoms with Gasteiger partial charge in [0.1, 0.15) is 0 Å². The number of hydrogen-bond donors (Lipinski definition) is 0.